The topological polar surface area (TPSA) is 76.8 Å². The van der Waals surface area contributed by atoms with Crippen molar-refractivity contribution in [2.24, 2.45) is 5.92 Å². The van der Waals surface area contributed by atoms with Crippen LogP contribution in [-0.2, 0) is 15.5 Å². The molecular weight excluding hydrogens is 433 g/mol. The lowest BCUT2D eigenvalue weighted by atomic mass is 9.80. The zero-order valence-corrected chi connectivity index (χ0v) is 18.2. The minimum Gasteiger partial charge on any atom is -0.453 e. The van der Waals surface area contributed by atoms with Gasteiger partial charge in [0.2, 0.25) is 0 Å². The SMILES string of the molecule is COC(=O)N1CCS(=O)C(c2cc(C)nc3cc(C4CCC(C(F)(F)F)CC4)nn23)C1. The highest BCUT2D eigenvalue weighted by Crippen LogP contribution is 2.42. The highest BCUT2D eigenvalue weighted by molar-refractivity contribution is 7.85. The average molecular weight is 459 g/mol. The van der Waals surface area contributed by atoms with Crippen LogP contribution in [0.2, 0.25) is 0 Å². The van der Waals surface area contributed by atoms with E-state index in [-0.39, 0.29) is 25.3 Å². The van der Waals surface area contributed by atoms with Crippen molar-refractivity contribution >= 4 is 22.5 Å². The van der Waals surface area contributed by atoms with E-state index in [0.717, 1.165) is 5.69 Å². The maximum absolute atomic E-state index is 13.0. The van der Waals surface area contributed by atoms with Gasteiger partial charge in [0.1, 0.15) is 0 Å². The first kappa shape index (κ1) is 22.0. The van der Waals surface area contributed by atoms with Gasteiger partial charge in [0, 0.05) is 47.3 Å². The fourth-order valence-electron chi connectivity index (χ4n) is 4.53. The summed E-state index contributed by atoms with van der Waals surface area (Å²) >= 11 is 0. The van der Waals surface area contributed by atoms with Crippen LogP contribution >= 0.6 is 0 Å². The van der Waals surface area contributed by atoms with E-state index < -0.39 is 34.2 Å². The normalized spacial score (nSPS) is 27.5. The van der Waals surface area contributed by atoms with Gasteiger partial charge < -0.3 is 9.64 Å². The first-order chi connectivity index (χ1) is 14.7. The van der Waals surface area contributed by atoms with Gasteiger partial charge in [-0.3, -0.25) is 4.21 Å². The lowest BCUT2D eigenvalue weighted by Crippen LogP contribution is -2.43. The predicted molar refractivity (Wildman–Crippen MR) is 108 cm³/mol. The van der Waals surface area contributed by atoms with Gasteiger partial charge in [-0.25, -0.2) is 14.3 Å². The summed E-state index contributed by atoms with van der Waals surface area (Å²) in [5, 5.41) is 4.22. The molecule has 2 aliphatic rings. The number of amides is 1. The standard InChI is InChI=1S/C20H25F3N4O3S/c1-12-9-16(17-11-26(19(28)30-2)7-8-31(17)29)27-18(24-12)10-15(25-27)13-3-5-14(6-4-13)20(21,22)23/h9-10,13-14,17H,3-8,11H2,1-2H3. The van der Waals surface area contributed by atoms with Crippen LogP contribution in [0, 0.1) is 12.8 Å². The summed E-state index contributed by atoms with van der Waals surface area (Å²) in [7, 11) is 0.105. The molecule has 1 amide bonds. The number of carbonyl (C=O) groups excluding carboxylic acids is 1. The third-order valence-corrected chi connectivity index (χ3v) is 7.85. The molecule has 1 saturated heterocycles. The van der Waals surface area contributed by atoms with Gasteiger partial charge in [0.05, 0.1) is 29.7 Å². The predicted octanol–water partition coefficient (Wildman–Crippen LogP) is 3.75. The van der Waals surface area contributed by atoms with Crippen molar-refractivity contribution in [3.63, 3.8) is 0 Å². The van der Waals surface area contributed by atoms with E-state index >= 15 is 0 Å². The second-order valence-corrected chi connectivity index (χ2v) is 9.98. The molecule has 0 radical (unpaired) electrons. The largest absolute Gasteiger partial charge is 0.453 e. The maximum atomic E-state index is 13.0. The number of aryl methyl sites for hydroxylation is 1. The molecule has 2 unspecified atom stereocenters. The minimum absolute atomic E-state index is 0.0584. The summed E-state index contributed by atoms with van der Waals surface area (Å²) in [6.45, 7) is 2.42. The summed E-state index contributed by atoms with van der Waals surface area (Å²) in [6, 6.07) is 3.63. The highest BCUT2D eigenvalue weighted by Gasteiger charge is 2.42. The van der Waals surface area contributed by atoms with Crippen molar-refractivity contribution in [1.82, 2.24) is 19.5 Å². The number of methoxy groups -OCH3 is 1. The third-order valence-electron chi connectivity index (χ3n) is 6.24. The van der Waals surface area contributed by atoms with E-state index in [1.54, 1.807) is 4.52 Å². The minimum atomic E-state index is -4.15. The van der Waals surface area contributed by atoms with Crippen molar-refractivity contribution in [2.75, 3.05) is 26.0 Å². The molecule has 1 aliphatic heterocycles. The molecule has 2 aromatic rings. The highest BCUT2D eigenvalue weighted by atomic mass is 32.2. The van der Waals surface area contributed by atoms with Gasteiger partial charge in [0.25, 0.3) is 0 Å². The van der Waals surface area contributed by atoms with Gasteiger partial charge >= 0.3 is 12.3 Å². The second kappa shape index (κ2) is 8.40. The number of carbonyl (C=O) groups is 1. The molecule has 1 aliphatic carbocycles. The molecule has 1 saturated carbocycles. The summed E-state index contributed by atoms with van der Waals surface area (Å²) < 4.78 is 58.2. The lowest BCUT2D eigenvalue weighted by Gasteiger charge is -2.31. The van der Waals surface area contributed by atoms with Crippen molar-refractivity contribution < 1.29 is 26.9 Å². The van der Waals surface area contributed by atoms with Crippen LogP contribution in [0.15, 0.2) is 12.1 Å². The Labute approximate surface area is 180 Å². The summed E-state index contributed by atoms with van der Waals surface area (Å²) in [5.74, 6) is -0.972. The van der Waals surface area contributed by atoms with Crippen LogP contribution in [-0.4, -0.2) is 61.9 Å². The van der Waals surface area contributed by atoms with Crippen LogP contribution in [0.4, 0.5) is 18.0 Å². The Balaban J connectivity index is 1.63. The summed E-state index contributed by atoms with van der Waals surface area (Å²) in [4.78, 5) is 18.0. The number of halogens is 3. The molecule has 170 valence electrons. The molecule has 2 fully saturated rings. The smallest absolute Gasteiger partial charge is 0.409 e. The van der Waals surface area contributed by atoms with Gasteiger partial charge in [-0.05, 0) is 38.7 Å². The van der Waals surface area contributed by atoms with E-state index in [9.17, 15) is 22.2 Å². The van der Waals surface area contributed by atoms with E-state index in [4.69, 9.17) is 4.74 Å². The van der Waals surface area contributed by atoms with Gasteiger partial charge in [-0.15, -0.1) is 0 Å². The molecule has 0 spiro atoms. The molecule has 11 heteroatoms. The van der Waals surface area contributed by atoms with Gasteiger partial charge in [-0.1, -0.05) is 0 Å². The van der Waals surface area contributed by atoms with Gasteiger partial charge in [-0.2, -0.15) is 18.3 Å². The number of alkyl halides is 3. The van der Waals surface area contributed by atoms with Crippen LogP contribution in [0.1, 0.15) is 53.9 Å². The van der Waals surface area contributed by atoms with Crippen molar-refractivity contribution in [1.29, 1.82) is 0 Å². The molecule has 0 N–H and O–H groups in total. The molecule has 31 heavy (non-hydrogen) atoms. The number of ether oxygens (including phenoxy) is 1. The molecule has 4 rings (SSSR count). The molecule has 7 nitrogen and oxygen atoms in total. The first-order valence-corrected chi connectivity index (χ1v) is 11.7. The van der Waals surface area contributed by atoms with Crippen LogP contribution in [0.5, 0.6) is 0 Å². The van der Waals surface area contributed by atoms with E-state index in [0.29, 0.717) is 42.2 Å². The fourth-order valence-corrected chi connectivity index (χ4v) is 6.00. The lowest BCUT2D eigenvalue weighted by molar-refractivity contribution is -0.182. The molecular formula is C20H25F3N4O3S. The monoisotopic (exact) mass is 458 g/mol. The van der Waals surface area contributed by atoms with Crippen LogP contribution in [0.3, 0.4) is 0 Å². The third kappa shape index (κ3) is 4.42. The van der Waals surface area contributed by atoms with Crippen molar-refractivity contribution in [2.45, 2.75) is 50.0 Å². The number of aromatic nitrogens is 3. The van der Waals surface area contributed by atoms with E-state index in [2.05, 4.69) is 10.1 Å². The molecule has 3 heterocycles. The molecule has 2 aromatic heterocycles. The molecule has 2 atom stereocenters. The Morgan fingerprint density at radius 3 is 2.58 bits per heavy atom. The summed E-state index contributed by atoms with van der Waals surface area (Å²) in [5.41, 5.74) is 2.70. The zero-order valence-electron chi connectivity index (χ0n) is 17.4. The Hall–Kier alpha value is -2.17. The Morgan fingerprint density at radius 1 is 1.23 bits per heavy atom. The Morgan fingerprint density at radius 2 is 1.94 bits per heavy atom. The zero-order chi connectivity index (χ0) is 22.3. The van der Waals surface area contributed by atoms with Crippen LogP contribution < -0.4 is 0 Å². The van der Waals surface area contributed by atoms with E-state index in [1.165, 1.54) is 12.0 Å². The number of nitrogens with zero attached hydrogens (tertiary/aromatic N) is 4. The average Bonchev–Trinajstić information content (AvgIpc) is 3.16. The van der Waals surface area contributed by atoms with Crippen molar-refractivity contribution in [3.8, 4) is 0 Å². The Bertz CT molecular complexity index is 1000. The molecule has 0 bridgehead atoms. The number of fused-ring (bicyclic) bond motifs is 1. The number of rotatable bonds is 2. The fraction of sp³-hybridized carbons (Fsp3) is 0.650. The summed E-state index contributed by atoms with van der Waals surface area (Å²) in [6.07, 6.45) is -3.57. The quantitative estimate of drug-likeness (QED) is 0.685. The Kier molecular flexibility index (Phi) is 5.97. The maximum Gasteiger partial charge on any atom is 0.409 e. The molecule has 0 aromatic carbocycles. The second-order valence-electron chi connectivity index (χ2n) is 8.24. The number of hydrogen-bond donors (Lipinski definition) is 0. The van der Waals surface area contributed by atoms with Gasteiger partial charge in [0.15, 0.2) is 5.65 Å². The van der Waals surface area contributed by atoms with E-state index in [1.807, 2.05) is 19.1 Å². The first-order valence-electron chi connectivity index (χ1n) is 10.3. The number of hydrogen-bond acceptors (Lipinski definition) is 5. The van der Waals surface area contributed by atoms with Crippen molar-refractivity contribution in [3.05, 3.63) is 29.2 Å². The van der Waals surface area contributed by atoms with Crippen LogP contribution in [0.25, 0.3) is 5.65 Å².